The van der Waals surface area contributed by atoms with E-state index in [2.05, 4.69) is 9.97 Å². The van der Waals surface area contributed by atoms with E-state index >= 15 is 0 Å². The maximum Gasteiger partial charge on any atom is 0.433 e. The lowest BCUT2D eigenvalue weighted by atomic mass is 9.90. The zero-order valence-electron chi connectivity index (χ0n) is 15.2. The summed E-state index contributed by atoms with van der Waals surface area (Å²) in [6.07, 6.45) is -2.99. The second-order valence-corrected chi connectivity index (χ2v) is 6.63. The van der Waals surface area contributed by atoms with Crippen LogP contribution in [0.15, 0.2) is 36.5 Å². The van der Waals surface area contributed by atoms with Crippen LogP contribution in [0.25, 0.3) is 0 Å². The van der Waals surface area contributed by atoms with Crippen molar-refractivity contribution in [2.24, 2.45) is 11.8 Å². The molecule has 1 aromatic heterocycles. The second kappa shape index (κ2) is 8.04. The lowest BCUT2D eigenvalue weighted by Gasteiger charge is -2.17. The summed E-state index contributed by atoms with van der Waals surface area (Å²) in [5, 5.41) is 9.42. The zero-order valence-corrected chi connectivity index (χ0v) is 15.2. The first kappa shape index (κ1) is 19.9. The molecule has 1 saturated heterocycles. The van der Waals surface area contributed by atoms with Gasteiger partial charge < -0.3 is 14.7 Å². The van der Waals surface area contributed by atoms with Crippen molar-refractivity contribution in [2.75, 3.05) is 24.6 Å². The van der Waals surface area contributed by atoms with Gasteiger partial charge in [-0.2, -0.15) is 13.2 Å². The van der Waals surface area contributed by atoms with Gasteiger partial charge in [0.05, 0.1) is 12.5 Å². The molecule has 1 aromatic carbocycles. The van der Waals surface area contributed by atoms with Gasteiger partial charge in [-0.25, -0.2) is 9.97 Å². The van der Waals surface area contributed by atoms with Gasteiger partial charge in [0.15, 0.2) is 0 Å². The first-order valence-electron chi connectivity index (χ1n) is 8.87. The van der Waals surface area contributed by atoms with Crippen LogP contribution in [0.3, 0.4) is 0 Å². The van der Waals surface area contributed by atoms with E-state index in [0.717, 1.165) is 17.8 Å². The minimum atomic E-state index is -4.57. The zero-order chi connectivity index (χ0) is 20.3. The van der Waals surface area contributed by atoms with E-state index < -0.39 is 17.8 Å². The maximum absolute atomic E-state index is 13.0. The third kappa shape index (κ3) is 4.52. The molecule has 0 aliphatic carbocycles. The largest absolute Gasteiger partial charge is 0.508 e. The highest BCUT2D eigenvalue weighted by molar-refractivity contribution is 5.74. The number of alkyl halides is 3. The molecule has 9 heteroatoms. The summed E-state index contributed by atoms with van der Waals surface area (Å²) in [5.74, 6) is -0.997. The Labute approximate surface area is 160 Å². The van der Waals surface area contributed by atoms with Gasteiger partial charge in [-0.05, 0) is 43.0 Å². The lowest BCUT2D eigenvalue weighted by Crippen LogP contribution is -2.27. The normalized spacial score (nSPS) is 19.6. The van der Waals surface area contributed by atoms with Crippen LogP contribution < -0.4 is 4.90 Å². The fourth-order valence-electron chi connectivity index (χ4n) is 3.35. The molecule has 0 amide bonds. The van der Waals surface area contributed by atoms with Crippen LogP contribution in [0.4, 0.5) is 19.1 Å². The minimum Gasteiger partial charge on any atom is -0.508 e. The molecule has 0 unspecified atom stereocenters. The summed E-state index contributed by atoms with van der Waals surface area (Å²) >= 11 is 0. The number of esters is 1. The standard InChI is InChI=1S/C19H20F3N3O3/c1-2-28-17(27)15-11-25(18-23-8-7-16(24-18)19(20,21)22)10-13(15)9-12-3-5-14(26)6-4-12/h3-8,13,15,26H,2,9-11H2,1H3/t13-,15+/m1/s1. The topological polar surface area (TPSA) is 75.5 Å². The molecule has 1 aliphatic heterocycles. The number of rotatable bonds is 5. The highest BCUT2D eigenvalue weighted by Gasteiger charge is 2.40. The van der Waals surface area contributed by atoms with E-state index in [1.165, 1.54) is 0 Å². The van der Waals surface area contributed by atoms with Gasteiger partial charge in [0.1, 0.15) is 11.4 Å². The Hall–Kier alpha value is -2.84. The van der Waals surface area contributed by atoms with Gasteiger partial charge in [-0.3, -0.25) is 4.79 Å². The molecule has 1 fully saturated rings. The van der Waals surface area contributed by atoms with Gasteiger partial charge in [-0.15, -0.1) is 0 Å². The summed E-state index contributed by atoms with van der Waals surface area (Å²) in [5.41, 5.74) is -0.115. The van der Waals surface area contributed by atoms with Crippen LogP contribution >= 0.6 is 0 Å². The van der Waals surface area contributed by atoms with E-state index in [1.54, 1.807) is 36.1 Å². The number of carbonyl (C=O) groups is 1. The molecule has 3 rings (SSSR count). The fourth-order valence-corrected chi connectivity index (χ4v) is 3.35. The average molecular weight is 395 g/mol. The highest BCUT2D eigenvalue weighted by Crippen LogP contribution is 2.32. The number of hydrogen-bond donors (Lipinski definition) is 1. The number of ether oxygens (including phenoxy) is 1. The van der Waals surface area contributed by atoms with E-state index in [-0.39, 0.29) is 36.7 Å². The van der Waals surface area contributed by atoms with E-state index in [0.29, 0.717) is 13.0 Å². The van der Waals surface area contributed by atoms with Crippen molar-refractivity contribution in [2.45, 2.75) is 19.5 Å². The van der Waals surface area contributed by atoms with Crippen molar-refractivity contribution in [3.63, 3.8) is 0 Å². The van der Waals surface area contributed by atoms with Crippen molar-refractivity contribution in [1.29, 1.82) is 0 Å². The van der Waals surface area contributed by atoms with Crippen LogP contribution in [-0.2, 0) is 22.1 Å². The Bertz CT molecular complexity index is 827. The van der Waals surface area contributed by atoms with Crippen LogP contribution in [-0.4, -0.2) is 40.7 Å². The number of nitrogens with zero attached hydrogens (tertiary/aromatic N) is 3. The minimum absolute atomic E-state index is 0.0580. The number of halogens is 3. The van der Waals surface area contributed by atoms with E-state index in [4.69, 9.17) is 4.74 Å². The third-order valence-corrected chi connectivity index (χ3v) is 4.68. The average Bonchev–Trinajstić information content (AvgIpc) is 3.07. The SMILES string of the molecule is CCOC(=O)[C@H]1CN(c2nccc(C(F)(F)F)n2)C[C@H]1Cc1ccc(O)cc1. The molecule has 2 atom stereocenters. The quantitative estimate of drug-likeness (QED) is 0.785. The Morgan fingerprint density at radius 2 is 1.96 bits per heavy atom. The molecule has 150 valence electrons. The molecule has 28 heavy (non-hydrogen) atoms. The molecule has 2 heterocycles. The molecule has 0 radical (unpaired) electrons. The van der Waals surface area contributed by atoms with Gasteiger partial charge in [-0.1, -0.05) is 12.1 Å². The first-order chi connectivity index (χ1) is 13.3. The van der Waals surface area contributed by atoms with Crippen LogP contribution in [0, 0.1) is 11.8 Å². The first-order valence-corrected chi connectivity index (χ1v) is 8.87. The number of aromatic nitrogens is 2. The molecular formula is C19H20F3N3O3. The highest BCUT2D eigenvalue weighted by atomic mass is 19.4. The summed E-state index contributed by atoms with van der Waals surface area (Å²) < 4.78 is 44.0. The molecule has 0 bridgehead atoms. The molecule has 0 spiro atoms. The molecule has 0 saturated carbocycles. The number of phenols is 1. The number of carbonyl (C=O) groups excluding carboxylic acids is 1. The summed E-state index contributed by atoms with van der Waals surface area (Å²) in [4.78, 5) is 21.6. The number of aromatic hydroxyl groups is 1. The Balaban J connectivity index is 1.83. The maximum atomic E-state index is 13.0. The number of benzene rings is 1. The van der Waals surface area contributed by atoms with Gasteiger partial charge in [0.25, 0.3) is 0 Å². The van der Waals surface area contributed by atoms with Gasteiger partial charge in [0.2, 0.25) is 5.95 Å². The third-order valence-electron chi connectivity index (χ3n) is 4.68. The van der Waals surface area contributed by atoms with Crippen molar-refractivity contribution < 1.29 is 27.8 Å². The predicted octanol–water partition coefficient (Wildman–Crippen LogP) is 3.06. The summed E-state index contributed by atoms with van der Waals surface area (Å²) in [6, 6.07) is 7.42. The fraction of sp³-hybridized carbons (Fsp3) is 0.421. The smallest absolute Gasteiger partial charge is 0.433 e. The van der Waals surface area contributed by atoms with Crippen molar-refractivity contribution in [3.8, 4) is 5.75 Å². The summed E-state index contributed by atoms with van der Waals surface area (Å²) in [7, 11) is 0. The van der Waals surface area contributed by atoms with E-state index in [1.807, 2.05) is 0 Å². The van der Waals surface area contributed by atoms with Crippen LogP contribution in [0.5, 0.6) is 5.75 Å². The lowest BCUT2D eigenvalue weighted by molar-refractivity contribution is -0.148. The molecule has 2 aromatic rings. The molecular weight excluding hydrogens is 375 g/mol. The summed E-state index contributed by atoms with van der Waals surface area (Å²) in [6.45, 7) is 2.44. The van der Waals surface area contributed by atoms with Crippen LogP contribution in [0.2, 0.25) is 0 Å². The van der Waals surface area contributed by atoms with E-state index in [9.17, 15) is 23.1 Å². The predicted molar refractivity (Wildman–Crippen MR) is 94.7 cm³/mol. The number of phenolic OH excluding ortho intramolecular Hbond substituents is 1. The van der Waals surface area contributed by atoms with Gasteiger partial charge >= 0.3 is 12.1 Å². The Kier molecular flexibility index (Phi) is 5.71. The van der Waals surface area contributed by atoms with Crippen LogP contribution in [0.1, 0.15) is 18.2 Å². The second-order valence-electron chi connectivity index (χ2n) is 6.63. The van der Waals surface area contributed by atoms with Crippen molar-refractivity contribution >= 4 is 11.9 Å². The van der Waals surface area contributed by atoms with Crippen molar-refractivity contribution in [1.82, 2.24) is 9.97 Å². The molecule has 6 nitrogen and oxygen atoms in total. The molecule has 1 aliphatic rings. The number of hydrogen-bond acceptors (Lipinski definition) is 6. The Morgan fingerprint density at radius 1 is 1.25 bits per heavy atom. The Morgan fingerprint density at radius 3 is 2.61 bits per heavy atom. The van der Waals surface area contributed by atoms with Gasteiger partial charge in [0, 0.05) is 19.3 Å². The monoisotopic (exact) mass is 395 g/mol. The number of anilines is 1. The molecule has 1 N–H and O–H groups in total. The van der Waals surface area contributed by atoms with Crippen molar-refractivity contribution in [3.05, 3.63) is 47.8 Å².